The molecule has 4 nitrogen and oxygen atoms in total. The Bertz CT molecular complexity index is 627. The lowest BCUT2D eigenvalue weighted by Crippen LogP contribution is -1.99. The van der Waals surface area contributed by atoms with Gasteiger partial charge in [-0.3, -0.25) is 0 Å². The van der Waals surface area contributed by atoms with E-state index >= 15 is 0 Å². The molecule has 0 aliphatic carbocycles. The summed E-state index contributed by atoms with van der Waals surface area (Å²) in [5.74, 6) is 0.0691. The van der Waals surface area contributed by atoms with E-state index in [9.17, 15) is 4.79 Å². The molecule has 0 radical (unpaired) electrons. The predicted molar refractivity (Wildman–Crippen MR) is 74.3 cm³/mol. The molecule has 0 saturated heterocycles. The number of hydrogen-bond acceptors (Lipinski definition) is 2. The van der Waals surface area contributed by atoms with E-state index in [0.29, 0.717) is 0 Å². The van der Waals surface area contributed by atoms with Gasteiger partial charge in [-0.1, -0.05) is 13.0 Å². The SMILES string of the molecule is CCc1nccn1-c1ccc(C=CC(=O)O)c(C)c1. The molecule has 4 heteroatoms. The van der Waals surface area contributed by atoms with E-state index in [1.807, 2.05) is 35.9 Å². The van der Waals surface area contributed by atoms with Crippen molar-refractivity contribution in [1.29, 1.82) is 0 Å². The second-order valence-corrected chi connectivity index (χ2v) is 4.28. The van der Waals surface area contributed by atoms with Crippen LogP contribution in [0.2, 0.25) is 0 Å². The number of aryl methyl sites for hydroxylation is 2. The first-order valence-corrected chi connectivity index (χ1v) is 6.16. The average molecular weight is 256 g/mol. The molecule has 0 amide bonds. The highest BCUT2D eigenvalue weighted by atomic mass is 16.4. The van der Waals surface area contributed by atoms with Gasteiger partial charge in [0.2, 0.25) is 0 Å². The van der Waals surface area contributed by atoms with Crippen molar-refractivity contribution in [2.75, 3.05) is 0 Å². The quantitative estimate of drug-likeness (QED) is 0.856. The topological polar surface area (TPSA) is 55.1 Å². The summed E-state index contributed by atoms with van der Waals surface area (Å²) in [6, 6.07) is 5.92. The lowest BCUT2D eigenvalue weighted by atomic mass is 10.1. The van der Waals surface area contributed by atoms with E-state index < -0.39 is 5.97 Å². The molecular weight excluding hydrogens is 240 g/mol. The highest BCUT2D eigenvalue weighted by molar-refractivity contribution is 5.85. The van der Waals surface area contributed by atoms with Gasteiger partial charge in [0.25, 0.3) is 0 Å². The van der Waals surface area contributed by atoms with Crippen molar-refractivity contribution in [3.8, 4) is 5.69 Å². The Hall–Kier alpha value is -2.36. The van der Waals surface area contributed by atoms with Gasteiger partial charge in [-0.15, -0.1) is 0 Å². The summed E-state index contributed by atoms with van der Waals surface area (Å²) >= 11 is 0. The summed E-state index contributed by atoms with van der Waals surface area (Å²) in [4.78, 5) is 14.8. The van der Waals surface area contributed by atoms with Crippen molar-refractivity contribution in [3.05, 3.63) is 53.6 Å². The molecule has 0 atom stereocenters. The van der Waals surface area contributed by atoms with Crippen molar-refractivity contribution < 1.29 is 9.90 Å². The minimum Gasteiger partial charge on any atom is -0.478 e. The van der Waals surface area contributed by atoms with Gasteiger partial charge in [-0.2, -0.15) is 0 Å². The normalized spacial score (nSPS) is 11.1. The molecule has 0 bridgehead atoms. The second-order valence-electron chi connectivity index (χ2n) is 4.28. The largest absolute Gasteiger partial charge is 0.478 e. The summed E-state index contributed by atoms with van der Waals surface area (Å²) < 4.78 is 2.04. The monoisotopic (exact) mass is 256 g/mol. The molecule has 1 aromatic carbocycles. The summed E-state index contributed by atoms with van der Waals surface area (Å²) in [5, 5.41) is 8.64. The van der Waals surface area contributed by atoms with Crippen LogP contribution < -0.4 is 0 Å². The fourth-order valence-corrected chi connectivity index (χ4v) is 1.99. The van der Waals surface area contributed by atoms with Gasteiger partial charge in [-0.25, -0.2) is 9.78 Å². The number of carboxylic acid groups (broad SMARTS) is 1. The maximum absolute atomic E-state index is 10.5. The van der Waals surface area contributed by atoms with Crippen LogP contribution in [0.4, 0.5) is 0 Å². The van der Waals surface area contributed by atoms with Crippen molar-refractivity contribution >= 4 is 12.0 Å². The second kappa shape index (κ2) is 5.52. The van der Waals surface area contributed by atoms with E-state index in [-0.39, 0.29) is 0 Å². The molecular formula is C15H16N2O2. The molecule has 0 spiro atoms. The summed E-state index contributed by atoms with van der Waals surface area (Å²) in [6.45, 7) is 4.03. The number of aliphatic carboxylic acids is 1. The highest BCUT2D eigenvalue weighted by Gasteiger charge is 2.04. The fourth-order valence-electron chi connectivity index (χ4n) is 1.99. The zero-order chi connectivity index (χ0) is 13.8. The van der Waals surface area contributed by atoms with Crippen LogP contribution in [0, 0.1) is 6.92 Å². The van der Waals surface area contributed by atoms with Crippen molar-refractivity contribution in [2.24, 2.45) is 0 Å². The molecule has 98 valence electrons. The van der Waals surface area contributed by atoms with Gasteiger partial charge in [0.15, 0.2) is 0 Å². The third-order valence-corrected chi connectivity index (χ3v) is 2.97. The third-order valence-electron chi connectivity index (χ3n) is 2.97. The van der Waals surface area contributed by atoms with Crippen LogP contribution in [0.15, 0.2) is 36.7 Å². The molecule has 0 unspecified atom stereocenters. The number of rotatable bonds is 4. The van der Waals surface area contributed by atoms with Gasteiger partial charge in [-0.05, 0) is 36.3 Å². The Morgan fingerprint density at radius 1 is 1.47 bits per heavy atom. The number of nitrogens with zero attached hydrogens (tertiary/aromatic N) is 2. The minimum atomic E-state index is -0.939. The average Bonchev–Trinajstić information content (AvgIpc) is 2.85. The van der Waals surface area contributed by atoms with Crippen LogP contribution in [0.3, 0.4) is 0 Å². The van der Waals surface area contributed by atoms with E-state index in [0.717, 1.165) is 35.1 Å². The number of aromatic nitrogens is 2. The standard InChI is InChI=1S/C15H16N2O2/c1-3-14-16-8-9-17(14)13-6-4-12(11(2)10-13)5-7-15(18)19/h4-10H,3H2,1-2H3,(H,18,19). The lowest BCUT2D eigenvalue weighted by Gasteiger charge is -2.09. The Morgan fingerprint density at radius 2 is 2.26 bits per heavy atom. The maximum Gasteiger partial charge on any atom is 0.328 e. The highest BCUT2D eigenvalue weighted by Crippen LogP contribution is 2.17. The molecule has 1 heterocycles. The number of carbonyl (C=O) groups is 1. The van der Waals surface area contributed by atoms with Crippen LogP contribution in [-0.2, 0) is 11.2 Å². The number of hydrogen-bond donors (Lipinski definition) is 1. The summed E-state index contributed by atoms with van der Waals surface area (Å²) in [6.07, 6.45) is 7.34. The van der Waals surface area contributed by atoms with Crippen LogP contribution in [0.1, 0.15) is 23.9 Å². The molecule has 1 N–H and O–H groups in total. The smallest absolute Gasteiger partial charge is 0.328 e. The first-order valence-electron chi connectivity index (χ1n) is 6.16. The van der Waals surface area contributed by atoms with Crippen LogP contribution in [0.5, 0.6) is 0 Å². The molecule has 0 fully saturated rings. The molecule has 0 aliphatic rings. The van der Waals surface area contributed by atoms with Gasteiger partial charge >= 0.3 is 5.97 Å². The summed E-state index contributed by atoms with van der Waals surface area (Å²) in [7, 11) is 0. The van der Waals surface area contributed by atoms with E-state index in [1.165, 1.54) is 0 Å². The third kappa shape index (κ3) is 2.91. The van der Waals surface area contributed by atoms with Crippen molar-refractivity contribution in [1.82, 2.24) is 9.55 Å². The lowest BCUT2D eigenvalue weighted by molar-refractivity contribution is -0.131. The predicted octanol–water partition coefficient (Wildman–Crippen LogP) is 2.84. The zero-order valence-corrected chi connectivity index (χ0v) is 11.0. The Morgan fingerprint density at radius 3 is 2.89 bits per heavy atom. The minimum absolute atomic E-state index is 0.868. The molecule has 2 aromatic rings. The Kier molecular flexibility index (Phi) is 3.80. The Balaban J connectivity index is 2.36. The van der Waals surface area contributed by atoms with E-state index in [1.54, 1.807) is 12.3 Å². The van der Waals surface area contributed by atoms with Crippen molar-refractivity contribution in [2.45, 2.75) is 20.3 Å². The van der Waals surface area contributed by atoms with Crippen molar-refractivity contribution in [3.63, 3.8) is 0 Å². The van der Waals surface area contributed by atoms with Crippen LogP contribution >= 0.6 is 0 Å². The van der Waals surface area contributed by atoms with Crippen LogP contribution in [0.25, 0.3) is 11.8 Å². The van der Waals surface area contributed by atoms with Gasteiger partial charge in [0, 0.05) is 30.6 Å². The van der Waals surface area contributed by atoms with Gasteiger partial charge in [0.1, 0.15) is 5.82 Å². The molecule has 0 aliphatic heterocycles. The number of imidazole rings is 1. The number of benzene rings is 1. The fraction of sp³-hybridized carbons (Fsp3) is 0.200. The number of carboxylic acids is 1. The summed E-state index contributed by atoms with van der Waals surface area (Å²) in [5.41, 5.74) is 2.98. The van der Waals surface area contributed by atoms with Gasteiger partial charge in [0.05, 0.1) is 0 Å². The molecule has 0 saturated carbocycles. The van der Waals surface area contributed by atoms with Gasteiger partial charge < -0.3 is 9.67 Å². The molecule has 19 heavy (non-hydrogen) atoms. The first kappa shape index (κ1) is 13.1. The molecule has 2 rings (SSSR count). The Labute approximate surface area is 112 Å². The molecule has 1 aromatic heterocycles. The van der Waals surface area contributed by atoms with E-state index in [4.69, 9.17) is 5.11 Å². The first-order chi connectivity index (χ1) is 9.11. The van der Waals surface area contributed by atoms with E-state index in [2.05, 4.69) is 11.9 Å². The maximum atomic E-state index is 10.5. The zero-order valence-electron chi connectivity index (χ0n) is 11.0. The van der Waals surface area contributed by atoms with Crippen LogP contribution in [-0.4, -0.2) is 20.6 Å².